The van der Waals surface area contributed by atoms with Gasteiger partial charge < -0.3 is 0 Å². The molecule has 0 aliphatic carbocycles. The molecule has 0 saturated heterocycles. The van der Waals surface area contributed by atoms with Crippen molar-refractivity contribution in [2.75, 3.05) is 0 Å². The maximum absolute atomic E-state index is 13.7. The minimum Gasteiger partial charge on any atom is -0.271 e. The second kappa shape index (κ2) is 5.91. The van der Waals surface area contributed by atoms with Gasteiger partial charge in [-0.3, -0.25) is 11.3 Å². The fraction of sp³-hybridized carbons (Fsp3) is 0.200. The van der Waals surface area contributed by atoms with Crippen LogP contribution in [0.15, 0.2) is 42.5 Å². The average molecular weight is 262 g/mol. The molecule has 1 atom stereocenters. The van der Waals surface area contributed by atoms with E-state index in [1.165, 1.54) is 18.2 Å². The lowest BCUT2D eigenvalue weighted by Gasteiger charge is -2.19. The van der Waals surface area contributed by atoms with Crippen molar-refractivity contribution in [1.29, 1.82) is 0 Å². The van der Waals surface area contributed by atoms with Gasteiger partial charge in [0.1, 0.15) is 11.6 Å². The van der Waals surface area contributed by atoms with Crippen LogP contribution in [0.5, 0.6) is 0 Å². The van der Waals surface area contributed by atoms with Gasteiger partial charge in [-0.25, -0.2) is 8.78 Å². The highest BCUT2D eigenvalue weighted by atomic mass is 19.1. The fourth-order valence-electron chi connectivity index (χ4n) is 2.17. The first kappa shape index (κ1) is 13.6. The van der Waals surface area contributed by atoms with E-state index in [-0.39, 0.29) is 18.0 Å². The van der Waals surface area contributed by atoms with E-state index in [2.05, 4.69) is 5.43 Å². The fourth-order valence-corrected chi connectivity index (χ4v) is 2.17. The smallest absolute Gasteiger partial charge is 0.129 e. The summed E-state index contributed by atoms with van der Waals surface area (Å²) in [7, 11) is 0. The van der Waals surface area contributed by atoms with E-state index >= 15 is 0 Å². The molecule has 0 heterocycles. The van der Waals surface area contributed by atoms with E-state index in [1.54, 1.807) is 0 Å². The van der Waals surface area contributed by atoms with Crippen LogP contribution in [0.2, 0.25) is 0 Å². The van der Waals surface area contributed by atoms with E-state index < -0.39 is 11.6 Å². The Bertz CT molecular complexity index is 550. The molecule has 2 nitrogen and oxygen atoms in total. The molecule has 2 rings (SSSR count). The lowest BCUT2D eigenvalue weighted by atomic mass is 9.95. The summed E-state index contributed by atoms with van der Waals surface area (Å²) in [6.45, 7) is 1.94. The van der Waals surface area contributed by atoms with Crippen LogP contribution in [0, 0.1) is 18.6 Å². The molecule has 1 unspecified atom stereocenters. The second-order valence-electron chi connectivity index (χ2n) is 4.48. The first-order valence-corrected chi connectivity index (χ1v) is 6.08. The minimum atomic E-state index is -0.547. The van der Waals surface area contributed by atoms with E-state index in [0.29, 0.717) is 0 Å². The van der Waals surface area contributed by atoms with Crippen molar-refractivity contribution in [2.24, 2.45) is 5.84 Å². The zero-order valence-electron chi connectivity index (χ0n) is 10.7. The van der Waals surface area contributed by atoms with Crippen molar-refractivity contribution >= 4 is 0 Å². The van der Waals surface area contributed by atoms with Gasteiger partial charge in [-0.2, -0.15) is 0 Å². The van der Waals surface area contributed by atoms with Crippen LogP contribution in [0.25, 0.3) is 0 Å². The Morgan fingerprint density at radius 2 is 1.68 bits per heavy atom. The first-order valence-electron chi connectivity index (χ1n) is 6.08. The zero-order chi connectivity index (χ0) is 13.8. The number of benzene rings is 2. The van der Waals surface area contributed by atoms with Crippen LogP contribution in [0.1, 0.15) is 22.7 Å². The van der Waals surface area contributed by atoms with E-state index in [1.807, 2.05) is 31.2 Å². The second-order valence-corrected chi connectivity index (χ2v) is 4.48. The number of halogens is 2. The molecule has 0 amide bonds. The highest BCUT2D eigenvalue weighted by Gasteiger charge is 2.17. The van der Waals surface area contributed by atoms with Crippen molar-refractivity contribution in [3.05, 3.63) is 70.8 Å². The molecule has 0 aliphatic rings. The van der Waals surface area contributed by atoms with Crippen molar-refractivity contribution in [1.82, 2.24) is 5.43 Å². The summed E-state index contributed by atoms with van der Waals surface area (Å²) in [5.74, 6) is 4.43. The Labute approximate surface area is 111 Å². The number of hydrazine groups is 1. The number of hydrogen-bond acceptors (Lipinski definition) is 2. The van der Waals surface area contributed by atoms with Gasteiger partial charge in [0.2, 0.25) is 0 Å². The topological polar surface area (TPSA) is 38.0 Å². The molecule has 0 fully saturated rings. The molecule has 19 heavy (non-hydrogen) atoms. The Hall–Kier alpha value is -1.78. The Morgan fingerprint density at radius 1 is 1.05 bits per heavy atom. The predicted octanol–water partition coefficient (Wildman–Crippen LogP) is 3.02. The van der Waals surface area contributed by atoms with Gasteiger partial charge in [-0.05, 0) is 36.6 Å². The lowest BCUT2D eigenvalue weighted by molar-refractivity contribution is 0.498. The van der Waals surface area contributed by atoms with Gasteiger partial charge in [0.25, 0.3) is 0 Å². The molecule has 0 saturated carbocycles. The van der Waals surface area contributed by atoms with E-state index in [0.717, 1.165) is 11.1 Å². The largest absolute Gasteiger partial charge is 0.271 e. The number of nitrogens with two attached hydrogens (primary N) is 1. The molecular formula is C15H16F2N2. The van der Waals surface area contributed by atoms with E-state index in [9.17, 15) is 8.78 Å². The van der Waals surface area contributed by atoms with Crippen LogP contribution in [0.3, 0.4) is 0 Å². The maximum Gasteiger partial charge on any atom is 0.129 e. The summed E-state index contributed by atoms with van der Waals surface area (Å²) in [6.07, 6.45) is 0.167. The predicted molar refractivity (Wildman–Crippen MR) is 71.3 cm³/mol. The van der Waals surface area contributed by atoms with Crippen molar-refractivity contribution in [3.63, 3.8) is 0 Å². The summed E-state index contributed by atoms with van der Waals surface area (Å²) < 4.78 is 27.3. The molecule has 0 spiro atoms. The standard InChI is InChI=1S/C15H16F2N2/c1-10-5-2-3-6-11(10)15(19-18)9-12-13(16)7-4-8-14(12)17/h2-8,15,19H,9,18H2,1H3. The van der Waals surface area contributed by atoms with Crippen molar-refractivity contribution in [2.45, 2.75) is 19.4 Å². The van der Waals surface area contributed by atoms with E-state index in [4.69, 9.17) is 5.84 Å². The highest BCUT2D eigenvalue weighted by molar-refractivity contribution is 5.31. The number of aryl methyl sites for hydroxylation is 1. The van der Waals surface area contributed by atoms with Gasteiger partial charge in [0.15, 0.2) is 0 Å². The van der Waals surface area contributed by atoms with Crippen LogP contribution < -0.4 is 11.3 Å². The van der Waals surface area contributed by atoms with Crippen LogP contribution >= 0.6 is 0 Å². The molecule has 100 valence electrons. The first-order chi connectivity index (χ1) is 9.13. The SMILES string of the molecule is Cc1ccccc1C(Cc1c(F)cccc1F)NN. The third kappa shape index (κ3) is 2.97. The maximum atomic E-state index is 13.7. The highest BCUT2D eigenvalue weighted by Crippen LogP contribution is 2.23. The molecule has 0 aromatic heterocycles. The minimum absolute atomic E-state index is 0.0497. The van der Waals surface area contributed by atoms with Crippen LogP contribution in [0.4, 0.5) is 8.78 Å². The number of hydrogen-bond donors (Lipinski definition) is 2. The zero-order valence-corrected chi connectivity index (χ0v) is 10.7. The molecule has 0 aliphatic heterocycles. The van der Waals surface area contributed by atoms with Crippen molar-refractivity contribution in [3.8, 4) is 0 Å². The Morgan fingerprint density at radius 3 is 2.26 bits per heavy atom. The molecule has 4 heteroatoms. The van der Waals surface area contributed by atoms with Crippen molar-refractivity contribution < 1.29 is 8.78 Å². The summed E-state index contributed by atoms with van der Waals surface area (Å²) in [5.41, 5.74) is 4.65. The quantitative estimate of drug-likeness (QED) is 0.656. The van der Waals surface area contributed by atoms with Crippen LogP contribution in [-0.2, 0) is 6.42 Å². The monoisotopic (exact) mass is 262 g/mol. The Kier molecular flexibility index (Phi) is 4.24. The molecular weight excluding hydrogens is 246 g/mol. The average Bonchev–Trinajstić information content (AvgIpc) is 2.40. The number of nitrogens with one attached hydrogen (secondary N) is 1. The van der Waals surface area contributed by atoms with Gasteiger partial charge in [-0.15, -0.1) is 0 Å². The normalized spacial score (nSPS) is 12.4. The third-order valence-electron chi connectivity index (χ3n) is 3.23. The summed E-state index contributed by atoms with van der Waals surface area (Å²) in [4.78, 5) is 0. The van der Waals surface area contributed by atoms with Gasteiger partial charge in [0.05, 0.1) is 6.04 Å². The lowest BCUT2D eigenvalue weighted by Crippen LogP contribution is -2.30. The molecule has 3 N–H and O–H groups in total. The number of rotatable bonds is 4. The molecule has 0 radical (unpaired) electrons. The van der Waals surface area contributed by atoms with Gasteiger partial charge >= 0.3 is 0 Å². The van der Waals surface area contributed by atoms with Gasteiger partial charge in [0, 0.05) is 5.56 Å². The molecule has 2 aromatic rings. The molecule has 0 bridgehead atoms. The molecule has 2 aromatic carbocycles. The summed E-state index contributed by atoms with van der Waals surface area (Å²) in [5, 5.41) is 0. The Balaban J connectivity index is 2.32. The van der Waals surface area contributed by atoms with Gasteiger partial charge in [-0.1, -0.05) is 30.3 Å². The summed E-state index contributed by atoms with van der Waals surface area (Å²) in [6, 6.07) is 11.2. The summed E-state index contributed by atoms with van der Waals surface area (Å²) >= 11 is 0. The van der Waals surface area contributed by atoms with Crippen LogP contribution in [-0.4, -0.2) is 0 Å². The third-order valence-corrected chi connectivity index (χ3v) is 3.23.